The summed E-state index contributed by atoms with van der Waals surface area (Å²) in [6, 6.07) is 10.1. The molecular weight excluding hydrogens is 322 g/mol. The van der Waals surface area contributed by atoms with Crippen molar-refractivity contribution < 1.29 is 9.59 Å². The number of halogens is 1. The summed E-state index contributed by atoms with van der Waals surface area (Å²) >= 11 is 3.21. The highest BCUT2D eigenvalue weighted by Gasteiger charge is 2.08. The van der Waals surface area contributed by atoms with Gasteiger partial charge in [-0.3, -0.25) is 9.59 Å². The normalized spacial score (nSPS) is 9.90. The van der Waals surface area contributed by atoms with E-state index in [1.54, 1.807) is 43.4 Å². The number of nitrogens with zero attached hydrogens (tertiary/aromatic N) is 1. The lowest BCUT2D eigenvalue weighted by Crippen LogP contribution is -2.18. The van der Waals surface area contributed by atoms with E-state index in [2.05, 4.69) is 31.5 Å². The number of pyridine rings is 1. The first-order valence-corrected chi connectivity index (χ1v) is 6.64. The molecule has 1 aromatic heterocycles. The fraction of sp³-hybridized carbons (Fsp3) is 0.0714. The van der Waals surface area contributed by atoms with Crippen LogP contribution in [0.2, 0.25) is 0 Å². The van der Waals surface area contributed by atoms with E-state index in [-0.39, 0.29) is 11.8 Å². The highest BCUT2D eigenvalue weighted by molar-refractivity contribution is 9.10. The minimum atomic E-state index is -0.279. The van der Waals surface area contributed by atoms with Gasteiger partial charge >= 0.3 is 0 Å². The van der Waals surface area contributed by atoms with E-state index >= 15 is 0 Å². The van der Waals surface area contributed by atoms with Crippen LogP contribution in [0.3, 0.4) is 0 Å². The molecule has 1 heterocycles. The molecule has 2 amide bonds. The SMILES string of the molecule is CNC(=O)c1cccc(NC(=O)c2ccc(Br)nc2)c1. The summed E-state index contributed by atoms with van der Waals surface area (Å²) in [7, 11) is 1.56. The van der Waals surface area contributed by atoms with Crippen LogP contribution in [-0.4, -0.2) is 23.8 Å². The maximum atomic E-state index is 12.0. The van der Waals surface area contributed by atoms with Gasteiger partial charge in [0.25, 0.3) is 11.8 Å². The molecule has 0 saturated heterocycles. The van der Waals surface area contributed by atoms with Gasteiger partial charge < -0.3 is 10.6 Å². The number of benzene rings is 1. The van der Waals surface area contributed by atoms with E-state index < -0.39 is 0 Å². The van der Waals surface area contributed by atoms with Gasteiger partial charge in [-0.15, -0.1) is 0 Å². The van der Waals surface area contributed by atoms with Gasteiger partial charge in [0.15, 0.2) is 0 Å². The Balaban J connectivity index is 2.15. The standard InChI is InChI=1S/C14H12BrN3O2/c1-16-13(19)9-3-2-4-11(7-9)18-14(20)10-5-6-12(15)17-8-10/h2-8H,1H3,(H,16,19)(H,18,20). The Morgan fingerprint density at radius 3 is 2.55 bits per heavy atom. The van der Waals surface area contributed by atoms with E-state index in [0.717, 1.165) is 0 Å². The molecule has 0 aliphatic heterocycles. The number of hydrogen-bond donors (Lipinski definition) is 2. The van der Waals surface area contributed by atoms with Crippen molar-refractivity contribution in [2.75, 3.05) is 12.4 Å². The van der Waals surface area contributed by atoms with Crippen LogP contribution >= 0.6 is 15.9 Å². The van der Waals surface area contributed by atoms with Gasteiger partial charge in [-0.1, -0.05) is 6.07 Å². The number of rotatable bonds is 3. The molecule has 0 aliphatic carbocycles. The average molecular weight is 334 g/mol. The Morgan fingerprint density at radius 2 is 1.90 bits per heavy atom. The highest BCUT2D eigenvalue weighted by atomic mass is 79.9. The molecule has 2 rings (SSSR count). The van der Waals surface area contributed by atoms with E-state index in [1.807, 2.05) is 0 Å². The van der Waals surface area contributed by atoms with Gasteiger partial charge in [0.2, 0.25) is 0 Å². The van der Waals surface area contributed by atoms with Crippen molar-refractivity contribution in [1.82, 2.24) is 10.3 Å². The van der Waals surface area contributed by atoms with Crippen LogP contribution < -0.4 is 10.6 Å². The second-order valence-corrected chi connectivity index (χ2v) is 4.80. The smallest absolute Gasteiger partial charge is 0.257 e. The van der Waals surface area contributed by atoms with Crippen LogP contribution in [-0.2, 0) is 0 Å². The molecule has 6 heteroatoms. The molecule has 0 bridgehead atoms. The third-order valence-electron chi connectivity index (χ3n) is 2.60. The lowest BCUT2D eigenvalue weighted by Gasteiger charge is -2.07. The quantitative estimate of drug-likeness (QED) is 0.847. The van der Waals surface area contributed by atoms with Gasteiger partial charge in [0.1, 0.15) is 4.60 Å². The topological polar surface area (TPSA) is 71.1 Å². The number of nitrogens with one attached hydrogen (secondary N) is 2. The van der Waals surface area contributed by atoms with Gasteiger partial charge in [-0.2, -0.15) is 0 Å². The summed E-state index contributed by atoms with van der Waals surface area (Å²) in [5, 5.41) is 5.26. The first kappa shape index (κ1) is 14.2. The van der Waals surface area contributed by atoms with Crippen LogP contribution in [0, 0.1) is 0 Å². The maximum absolute atomic E-state index is 12.0. The average Bonchev–Trinajstić information content (AvgIpc) is 2.47. The molecule has 2 aromatic rings. The zero-order valence-corrected chi connectivity index (χ0v) is 12.3. The van der Waals surface area contributed by atoms with Crippen molar-refractivity contribution >= 4 is 33.4 Å². The summed E-state index contributed by atoms with van der Waals surface area (Å²) in [6.45, 7) is 0. The Hall–Kier alpha value is -2.21. The maximum Gasteiger partial charge on any atom is 0.257 e. The fourth-order valence-electron chi connectivity index (χ4n) is 1.60. The Bertz CT molecular complexity index is 641. The predicted octanol–water partition coefficient (Wildman–Crippen LogP) is 2.46. The van der Waals surface area contributed by atoms with Crippen molar-refractivity contribution in [3.8, 4) is 0 Å². The zero-order valence-electron chi connectivity index (χ0n) is 10.7. The fourth-order valence-corrected chi connectivity index (χ4v) is 1.83. The lowest BCUT2D eigenvalue weighted by atomic mass is 10.2. The molecule has 0 radical (unpaired) electrons. The van der Waals surface area contributed by atoms with Gasteiger partial charge in [0, 0.05) is 24.5 Å². The van der Waals surface area contributed by atoms with E-state index in [1.165, 1.54) is 6.20 Å². The van der Waals surface area contributed by atoms with E-state index in [9.17, 15) is 9.59 Å². The molecule has 0 atom stereocenters. The molecule has 0 saturated carbocycles. The number of carbonyl (C=O) groups is 2. The predicted molar refractivity (Wildman–Crippen MR) is 79.7 cm³/mol. The first-order chi connectivity index (χ1) is 9.60. The number of amides is 2. The second-order valence-electron chi connectivity index (χ2n) is 3.98. The van der Waals surface area contributed by atoms with E-state index in [0.29, 0.717) is 21.4 Å². The van der Waals surface area contributed by atoms with Crippen LogP contribution in [0.5, 0.6) is 0 Å². The molecule has 1 aromatic carbocycles. The molecule has 0 aliphatic rings. The molecular formula is C14H12BrN3O2. The minimum absolute atomic E-state index is 0.202. The summed E-state index contributed by atoms with van der Waals surface area (Å²) in [5.74, 6) is -0.481. The highest BCUT2D eigenvalue weighted by Crippen LogP contribution is 2.13. The van der Waals surface area contributed by atoms with E-state index in [4.69, 9.17) is 0 Å². The van der Waals surface area contributed by atoms with Crippen molar-refractivity contribution in [2.24, 2.45) is 0 Å². The number of aromatic nitrogens is 1. The molecule has 102 valence electrons. The van der Waals surface area contributed by atoms with Gasteiger partial charge in [-0.25, -0.2) is 4.98 Å². The number of hydrogen-bond acceptors (Lipinski definition) is 3. The van der Waals surface area contributed by atoms with Crippen LogP contribution in [0.4, 0.5) is 5.69 Å². The van der Waals surface area contributed by atoms with Crippen LogP contribution in [0.1, 0.15) is 20.7 Å². The molecule has 0 spiro atoms. The van der Waals surface area contributed by atoms with Gasteiger partial charge in [0.05, 0.1) is 5.56 Å². The van der Waals surface area contributed by atoms with Crippen molar-refractivity contribution in [3.05, 3.63) is 58.3 Å². The third kappa shape index (κ3) is 3.42. The van der Waals surface area contributed by atoms with Crippen molar-refractivity contribution in [2.45, 2.75) is 0 Å². The monoisotopic (exact) mass is 333 g/mol. The Kier molecular flexibility index (Phi) is 4.47. The molecule has 0 fully saturated rings. The largest absolute Gasteiger partial charge is 0.355 e. The molecule has 2 N–H and O–H groups in total. The zero-order chi connectivity index (χ0) is 14.5. The van der Waals surface area contributed by atoms with Crippen molar-refractivity contribution in [3.63, 3.8) is 0 Å². The lowest BCUT2D eigenvalue weighted by molar-refractivity contribution is 0.0961. The van der Waals surface area contributed by atoms with Crippen LogP contribution in [0.25, 0.3) is 0 Å². The number of carbonyl (C=O) groups excluding carboxylic acids is 2. The number of anilines is 1. The Labute approximate surface area is 124 Å². The summed E-state index contributed by atoms with van der Waals surface area (Å²) in [6.07, 6.45) is 1.47. The second kappa shape index (κ2) is 6.29. The summed E-state index contributed by atoms with van der Waals surface area (Å²) in [4.78, 5) is 27.5. The first-order valence-electron chi connectivity index (χ1n) is 5.85. The summed E-state index contributed by atoms with van der Waals surface area (Å²) in [5.41, 5.74) is 1.48. The Morgan fingerprint density at radius 1 is 1.10 bits per heavy atom. The molecule has 5 nitrogen and oxygen atoms in total. The minimum Gasteiger partial charge on any atom is -0.355 e. The van der Waals surface area contributed by atoms with Crippen molar-refractivity contribution in [1.29, 1.82) is 0 Å². The molecule has 20 heavy (non-hydrogen) atoms. The third-order valence-corrected chi connectivity index (χ3v) is 3.07. The molecule has 0 unspecified atom stereocenters. The van der Waals surface area contributed by atoms with Gasteiger partial charge in [-0.05, 0) is 46.3 Å². The summed E-state index contributed by atoms with van der Waals surface area (Å²) < 4.78 is 0.663. The van der Waals surface area contributed by atoms with Crippen LogP contribution in [0.15, 0.2) is 47.2 Å².